The van der Waals surface area contributed by atoms with Crippen LogP contribution in [-0.4, -0.2) is 189 Å². The minimum Gasteiger partial charge on any atom is -0.379 e. The molecule has 0 unspecified atom stereocenters. The first-order valence-electron chi connectivity index (χ1n) is 22.5. The van der Waals surface area contributed by atoms with Gasteiger partial charge in [0, 0.05) is 137 Å². The molecule has 5 rings (SSSR count). The van der Waals surface area contributed by atoms with Gasteiger partial charge in [-0.3, -0.25) is 0 Å². The van der Waals surface area contributed by atoms with E-state index in [9.17, 15) is 0 Å². The minimum absolute atomic E-state index is 0. The standard InChI is InChI=1S/C9H11.C7H17N.C6H14N2.C6H13N.C5H11NO.C5H11N.2C4H9.C3H9N.3Y/c1-8(2)9-6-4-3-5-7-9;1-4-6-8(3)7-5-2;1-7-3-5-8(2)6-4-7;1-7-5-3-2-4-6-7;1-6-2-4-7-5-3-6;1-6-4-2-3-5-6;3*1-4(2)3;;;/h3-7H,1-2H3;4-7H2,1-3H3;3-6H2,1-2H3;2-6H2,1H3;2-5H2,1H3;2-5H2,1H3;3*1-3H3;;;/q-1;;;;;;2*-1;;;;. The van der Waals surface area contributed by atoms with Crippen LogP contribution >= 0.6 is 0 Å². The van der Waals surface area contributed by atoms with Gasteiger partial charge in [-0.2, -0.15) is 65.2 Å². The molecule has 4 heterocycles. The Balaban J connectivity index is -0.000000106. The van der Waals surface area contributed by atoms with Crippen LogP contribution in [0.2, 0.25) is 0 Å². The van der Waals surface area contributed by atoms with Crippen molar-refractivity contribution in [3.8, 4) is 0 Å². The van der Waals surface area contributed by atoms with E-state index in [1.165, 1.54) is 134 Å². The van der Waals surface area contributed by atoms with E-state index in [0.29, 0.717) is 0 Å². The Kier molecular flexibility index (Phi) is 72.8. The van der Waals surface area contributed by atoms with Crippen molar-refractivity contribution in [3.05, 3.63) is 53.6 Å². The van der Waals surface area contributed by atoms with Crippen molar-refractivity contribution in [2.24, 2.45) is 0 Å². The van der Waals surface area contributed by atoms with Gasteiger partial charge >= 0.3 is 0 Å². The first-order valence-corrected chi connectivity index (χ1v) is 22.5. The Bertz CT molecular complexity index is 807. The van der Waals surface area contributed by atoms with Crippen molar-refractivity contribution < 1.29 is 103 Å². The van der Waals surface area contributed by atoms with E-state index < -0.39 is 0 Å². The maximum atomic E-state index is 5.10. The van der Waals surface area contributed by atoms with Crippen LogP contribution in [0.1, 0.15) is 120 Å². The molecular weight excluding hydrogens is 969 g/mol. The molecule has 11 heteroatoms. The number of hydrogen-bond donors (Lipinski definition) is 0. The van der Waals surface area contributed by atoms with Gasteiger partial charge in [0.05, 0.1) is 13.2 Å². The summed E-state index contributed by atoms with van der Waals surface area (Å²) in [5, 5.41) is 0. The van der Waals surface area contributed by atoms with Crippen molar-refractivity contribution in [2.75, 3.05) is 155 Å². The largest absolute Gasteiger partial charge is 0.379 e. The summed E-state index contributed by atoms with van der Waals surface area (Å²) in [4.78, 5) is 16.1. The quantitative estimate of drug-likeness (QED) is 0.270. The number of ether oxygens (including phenoxy) is 1. The molecule has 0 aliphatic carbocycles. The summed E-state index contributed by atoms with van der Waals surface area (Å²) in [7, 11) is 19.0. The van der Waals surface area contributed by atoms with Gasteiger partial charge in [0.25, 0.3) is 0 Å². The van der Waals surface area contributed by atoms with Gasteiger partial charge in [0.1, 0.15) is 0 Å². The number of benzene rings is 1. The molecule has 60 heavy (non-hydrogen) atoms. The zero-order valence-corrected chi connectivity index (χ0v) is 52.5. The van der Waals surface area contributed by atoms with Gasteiger partial charge in [-0.25, -0.2) is 0 Å². The molecule has 0 N–H and O–H groups in total. The van der Waals surface area contributed by atoms with E-state index >= 15 is 0 Å². The summed E-state index contributed by atoms with van der Waals surface area (Å²) >= 11 is 0. The van der Waals surface area contributed by atoms with Gasteiger partial charge < -0.3 is 50.9 Å². The fourth-order valence-corrected chi connectivity index (χ4v) is 5.14. The Morgan fingerprint density at radius 3 is 0.917 bits per heavy atom. The average Bonchev–Trinajstić information content (AvgIpc) is 3.62. The molecule has 0 bridgehead atoms. The maximum Gasteiger partial charge on any atom is 0.0594 e. The summed E-state index contributed by atoms with van der Waals surface area (Å²) in [6.07, 6.45) is 9.65. The van der Waals surface area contributed by atoms with Crippen molar-refractivity contribution >= 4 is 0 Å². The predicted molar refractivity (Wildman–Crippen MR) is 260 cm³/mol. The van der Waals surface area contributed by atoms with Crippen LogP contribution in [0.4, 0.5) is 0 Å². The smallest absolute Gasteiger partial charge is 0.0594 e. The van der Waals surface area contributed by atoms with Crippen LogP contribution in [-0.2, 0) is 103 Å². The Hall–Kier alpha value is 2.08. The number of nitrogens with zero attached hydrogens (tertiary/aromatic N) is 7. The molecule has 1 aromatic rings. The van der Waals surface area contributed by atoms with Crippen molar-refractivity contribution in [3.63, 3.8) is 0 Å². The normalized spacial score (nSPS) is 16.5. The summed E-state index contributed by atoms with van der Waals surface area (Å²) in [6.45, 7) is 37.9. The summed E-state index contributed by atoms with van der Waals surface area (Å²) < 4.78 is 5.10. The third-order valence-electron chi connectivity index (χ3n) is 8.43. The summed E-state index contributed by atoms with van der Waals surface area (Å²) in [6, 6.07) is 10.4. The van der Waals surface area contributed by atoms with Crippen LogP contribution < -0.4 is 0 Å². The molecule has 3 radical (unpaired) electrons. The molecule has 353 valence electrons. The van der Waals surface area contributed by atoms with Gasteiger partial charge in [0.15, 0.2) is 0 Å². The first kappa shape index (κ1) is 76.3. The van der Waals surface area contributed by atoms with Gasteiger partial charge in [-0.05, 0) is 141 Å². The fraction of sp³-hybridized carbons (Fsp3) is 0.816. The minimum atomic E-state index is 0. The molecule has 4 fully saturated rings. The molecule has 4 aliphatic rings. The molecule has 1 aromatic carbocycles. The van der Waals surface area contributed by atoms with E-state index in [1.807, 2.05) is 32.1 Å². The van der Waals surface area contributed by atoms with Gasteiger partial charge in [-0.15, -0.1) is 12.1 Å². The van der Waals surface area contributed by atoms with Crippen LogP contribution in [0.25, 0.3) is 0 Å². The second-order valence-electron chi connectivity index (χ2n) is 17.9. The fourth-order valence-electron chi connectivity index (χ4n) is 5.14. The van der Waals surface area contributed by atoms with Crippen LogP contribution in [0.15, 0.2) is 30.3 Å². The average molecular weight is 1070 g/mol. The topological polar surface area (TPSA) is 31.9 Å². The van der Waals surface area contributed by atoms with Gasteiger partial charge in [-0.1, -0.05) is 40.2 Å². The van der Waals surface area contributed by atoms with E-state index in [2.05, 4.69) is 165 Å². The van der Waals surface area contributed by atoms with Crippen LogP contribution in [0, 0.1) is 17.8 Å². The summed E-state index contributed by atoms with van der Waals surface area (Å²) in [5.41, 5.74) is 1.33. The van der Waals surface area contributed by atoms with Crippen LogP contribution in [0.3, 0.4) is 0 Å². The van der Waals surface area contributed by atoms with Gasteiger partial charge in [0.2, 0.25) is 0 Å². The monoisotopic (exact) mass is 1070 g/mol. The SMILES string of the molecule is CCCN(C)CCC.CN(C)C.CN1CCCC1.CN1CCCCC1.CN1CCN(C)CC1.CN1CCOCC1.C[C-](C)C.C[C-](C)C.C[C-](C)c1ccccc1.[Y].[Y].[Y]. The summed E-state index contributed by atoms with van der Waals surface area (Å²) in [5.74, 6) is 4.20. The number of hydrogen-bond acceptors (Lipinski definition) is 8. The number of rotatable bonds is 5. The molecule has 0 saturated carbocycles. The number of likely N-dealkylation sites (tertiary alicyclic amines) is 2. The Morgan fingerprint density at radius 1 is 0.467 bits per heavy atom. The molecule has 0 aromatic heterocycles. The van der Waals surface area contributed by atoms with Crippen molar-refractivity contribution in [1.29, 1.82) is 0 Å². The third kappa shape index (κ3) is 74.4. The second-order valence-corrected chi connectivity index (χ2v) is 17.9. The van der Waals surface area contributed by atoms with E-state index in [-0.39, 0.29) is 98.1 Å². The molecule has 4 aliphatic heterocycles. The number of piperazine rings is 1. The molecule has 8 nitrogen and oxygen atoms in total. The Morgan fingerprint density at radius 2 is 0.733 bits per heavy atom. The van der Waals surface area contributed by atoms with E-state index in [4.69, 9.17) is 4.74 Å². The van der Waals surface area contributed by atoms with E-state index in [0.717, 1.165) is 26.3 Å². The zero-order valence-electron chi connectivity index (χ0n) is 44.0. The third-order valence-corrected chi connectivity index (χ3v) is 8.43. The molecule has 0 spiro atoms. The maximum absolute atomic E-state index is 5.10. The van der Waals surface area contributed by atoms with E-state index in [1.54, 1.807) is 0 Å². The number of likely N-dealkylation sites (N-methyl/N-ethyl adjacent to an activating group) is 3. The molecule has 4 saturated heterocycles. The number of piperidine rings is 1. The molecule has 0 atom stereocenters. The van der Waals surface area contributed by atoms with Crippen molar-refractivity contribution in [1.82, 2.24) is 34.3 Å². The second kappa shape index (κ2) is 57.2. The molecular formula is C49H104N7OY3-3. The predicted octanol–water partition coefficient (Wildman–Crippen LogP) is 9.42. The van der Waals surface area contributed by atoms with Crippen LogP contribution in [0.5, 0.6) is 0 Å². The zero-order chi connectivity index (χ0) is 44.4. The molecule has 0 amide bonds. The first-order chi connectivity index (χ1) is 26.8. The van der Waals surface area contributed by atoms with Crippen molar-refractivity contribution in [2.45, 2.75) is 114 Å². The number of morpholine rings is 1. The Labute approximate surface area is 455 Å².